The molecule has 2 fully saturated rings. The summed E-state index contributed by atoms with van der Waals surface area (Å²) in [6, 6.07) is -0.608. The maximum absolute atomic E-state index is 12.1. The molecular formula is C12H19NO4. The predicted molar refractivity (Wildman–Crippen MR) is 60.9 cm³/mol. The van der Waals surface area contributed by atoms with Crippen LogP contribution in [-0.4, -0.2) is 35.2 Å². The van der Waals surface area contributed by atoms with Gasteiger partial charge in [-0.1, -0.05) is 25.7 Å². The Morgan fingerprint density at radius 3 is 2.53 bits per heavy atom. The van der Waals surface area contributed by atoms with E-state index in [2.05, 4.69) is 5.32 Å². The van der Waals surface area contributed by atoms with Crippen LogP contribution in [0.25, 0.3) is 0 Å². The first kappa shape index (κ1) is 12.4. The largest absolute Gasteiger partial charge is 0.465 e. The highest BCUT2D eigenvalue weighted by Gasteiger charge is 2.50. The summed E-state index contributed by atoms with van der Waals surface area (Å²) >= 11 is 0. The van der Waals surface area contributed by atoms with Gasteiger partial charge in [0.25, 0.3) is 0 Å². The van der Waals surface area contributed by atoms with Crippen molar-refractivity contribution in [2.45, 2.75) is 50.7 Å². The molecule has 0 aromatic carbocycles. The highest BCUT2D eigenvalue weighted by Crippen LogP contribution is 2.33. The van der Waals surface area contributed by atoms with Gasteiger partial charge in [0.05, 0.1) is 12.6 Å². The van der Waals surface area contributed by atoms with Crippen LogP contribution in [0.2, 0.25) is 0 Å². The minimum absolute atomic E-state index is 0.119. The van der Waals surface area contributed by atoms with Crippen molar-refractivity contribution in [1.82, 2.24) is 5.32 Å². The molecule has 1 amide bonds. The average Bonchev–Trinajstić information content (AvgIpc) is 2.80. The fourth-order valence-corrected chi connectivity index (χ4v) is 2.58. The molecule has 2 N–H and O–H groups in total. The van der Waals surface area contributed by atoms with Gasteiger partial charge in [-0.2, -0.15) is 0 Å². The van der Waals surface area contributed by atoms with Gasteiger partial charge in [-0.05, 0) is 19.3 Å². The third-order valence-electron chi connectivity index (χ3n) is 3.76. The molecule has 5 heteroatoms. The molecule has 1 aliphatic heterocycles. The van der Waals surface area contributed by atoms with Gasteiger partial charge in [0.1, 0.15) is 5.60 Å². The first-order valence-electron chi connectivity index (χ1n) is 6.19. The zero-order valence-corrected chi connectivity index (χ0v) is 10.1. The first-order valence-corrected chi connectivity index (χ1v) is 6.19. The van der Waals surface area contributed by atoms with Crippen LogP contribution in [0.5, 0.6) is 0 Å². The van der Waals surface area contributed by atoms with Gasteiger partial charge < -0.3 is 15.2 Å². The van der Waals surface area contributed by atoms with Gasteiger partial charge in [0.15, 0.2) is 5.78 Å². The van der Waals surface area contributed by atoms with Crippen LogP contribution >= 0.6 is 0 Å². The van der Waals surface area contributed by atoms with Crippen molar-refractivity contribution in [3.63, 3.8) is 0 Å². The molecule has 2 rings (SSSR count). The summed E-state index contributed by atoms with van der Waals surface area (Å²) < 4.78 is 5.10. The number of hydrogen-bond acceptors (Lipinski definition) is 3. The maximum atomic E-state index is 12.1. The molecule has 1 saturated carbocycles. The monoisotopic (exact) mass is 241 g/mol. The third-order valence-corrected chi connectivity index (χ3v) is 3.76. The van der Waals surface area contributed by atoms with Gasteiger partial charge in [0, 0.05) is 0 Å². The van der Waals surface area contributed by atoms with E-state index in [1.165, 1.54) is 12.8 Å². The average molecular weight is 241 g/mol. The Morgan fingerprint density at radius 1 is 1.47 bits per heavy atom. The smallest absolute Gasteiger partial charge is 0.405 e. The van der Waals surface area contributed by atoms with Crippen LogP contribution < -0.4 is 5.32 Å². The van der Waals surface area contributed by atoms with E-state index in [1.807, 2.05) is 0 Å². The van der Waals surface area contributed by atoms with E-state index in [0.717, 1.165) is 12.8 Å². The summed E-state index contributed by atoms with van der Waals surface area (Å²) in [5.41, 5.74) is -0.744. The number of ketones is 1. The SMILES string of the molecule is C[C@]1(C(=O)[C@H](CC2CCCC2)NC(=O)O)CO1. The van der Waals surface area contributed by atoms with Crippen molar-refractivity contribution < 1.29 is 19.4 Å². The van der Waals surface area contributed by atoms with Crippen molar-refractivity contribution in [3.8, 4) is 0 Å². The van der Waals surface area contributed by atoms with Crippen LogP contribution in [0, 0.1) is 5.92 Å². The molecule has 1 heterocycles. The number of hydrogen-bond donors (Lipinski definition) is 2. The number of carbonyl (C=O) groups excluding carboxylic acids is 1. The van der Waals surface area contributed by atoms with Crippen LogP contribution in [-0.2, 0) is 9.53 Å². The van der Waals surface area contributed by atoms with Crippen molar-refractivity contribution in [2.75, 3.05) is 6.61 Å². The second-order valence-corrected chi connectivity index (χ2v) is 5.27. The second kappa shape index (κ2) is 4.64. The first-order chi connectivity index (χ1) is 8.01. The van der Waals surface area contributed by atoms with Gasteiger partial charge in [-0.3, -0.25) is 4.79 Å². The van der Waals surface area contributed by atoms with Crippen LogP contribution in [0.3, 0.4) is 0 Å². The van der Waals surface area contributed by atoms with E-state index in [0.29, 0.717) is 18.9 Å². The van der Waals surface area contributed by atoms with Gasteiger partial charge in [-0.25, -0.2) is 4.79 Å². The number of rotatable bonds is 5. The van der Waals surface area contributed by atoms with Gasteiger partial charge in [0.2, 0.25) is 0 Å². The topological polar surface area (TPSA) is 78.9 Å². The van der Waals surface area contributed by atoms with Crippen molar-refractivity contribution in [2.24, 2.45) is 5.92 Å². The highest BCUT2D eigenvalue weighted by atomic mass is 16.6. The number of carboxylic acid groups (broad SMARTS) is 1. The zero-order valence-electron chi connectivity index (χ0n) is 10.1. The summed E-state index contributed by atoms with van der Waals surface area (Å²) in [5.74, 6) is 0.352. The molecule has 1 saturated heterocycles. The van der Waals surface area contributed by atoms with Crippen molar-refractivity contribution in [1.29, 1.82) is 0 Å². The summed E-state index contributed by atoms with van der Waals surface area (Å²) in [5, 5.41) is 11.1. The fourth-order valence-electron chi connectivity index (χ4n) is 2.58. The highest BCUT2D eigenvalue weighted by molar-refractivity contribution is 5.95. The third kappa shape index (κ3) is 2.97. The lowest BCUT2D eigenvalue weighted by atomic mass is 9.91. The molecule has 5 nitrogen and oxygen atoms in total. The Balaban J connectivity index is 1.96. The Labute approximate surface area is 101 Å². The van der Waals surface area contributed by atoms with Crippen LogP contribution in [0.1, 0.15) is 39.0 Å². The molecular weight excluding hydrogens is 222 g/mol. The quantitative estimate of drug-likeness (QED) is 0.716. The van der Waals surface area contributed by atoms with Gasteiger partial charge in [-0.15, -0.1) is 0 Å². The molecule has 0 aromatic rings. The molecule has 2 atom stereocenters. The minimum atomic E-state index is -1.13. The van der Waals surface area contributed by atoms with Gasteiger partial charge >= 0.3 is 6.09 Å². The Kier molecular flexibility index (Phi) is 3.38. The van der Waals surface area contributed by atoms with E-state index in [9.17, 15) is 9.59 Å². The number of carbonyl (C=O) groups is 2. The lowest BCUT2D eigenvalue weighted by molar-refractivity contribution is -0.125. The zero-order chi connectivity index (χ0) is 12.5. The second-order valence-electron chi connectivity index (χ2n) is 5.27. The van der Waals surface area contributed by atoms with E-state index in [-0.39, 0.29) is 5.78 Å². The number of amides is 1. The summed E-state index contributed by atoms with van der Waals surface area (Å²) in [6.45, 7) is 2.13. The van der Waals surface area contributed by atoms with Crippen molar-refractivity contribution >= 4 is 11.9 Å². The Bertz CT molecular complexity index is 318. The van der Waals surface area contributed by atoms with E-state index in [1.54, 1.807) is 6.92 Å². The molecule has 96 valence electrons. The Hall–Kier alpha value is -1.10. The molecule has 0 spiro atoms. The molecule has 0 aromatic heterocycles. The number of epoxide rings is 1. The maximum Gasteiger partial charge on any atom is 0.405 e. The number of Topliss-reactive ketones (excluding diaryl/α,β-unsaturated/α-hetero) is 1. The lowest BCUT2D eigenvalue weighted by Crippen LogP contribution is -2.46. The fraction of sp³-hybridized carbons (Fsp3) is 0.833. The number of nitrogens with one attached hydrogen (secondary N) is 1. The summed E-state index contributed by atoms with van der Waals surface area (Å²) in [6.07, 6.45) is 4.06. The molecule has 0 unspecified atom stereocenters. The van der Waals surface area contributed by atoms with E-state index < -0.39 is 17.7 Å². The number of ether oxygens (including phenoxy) is 1. The van der Waals surface area contributed by atoms with Crippen molar-refractivity contribution in [3.05, 3.63) is 0 Å². The summed E-state index contributed by atoms with van der Waals surface area (Å²) in [7, 11) is 0. The molecule has 17 heavy (non-hydrogen) atoms. The molecule has 0 bridgehead atoms. The standard InChI is InChI=1S/C12H19NO4/c1-12(7-17-12)10(14)9(13-11(15)16)6-8-4-2-3-5-8/h8-9,13H,2-7H2,1H3,(H,15,16)/t9-,12+/m0/s1. The minimum Gasteiger partial charge on any atom is -0.465 e. The lowest BCUT2D eigenvalue weighted by Gasteiger charge is -2.20. The van der Waals surface area contributed by atoms with E-state index in [4.69, 9.17) is 9.84 Å². The Morgan fingerprint density at radius 2 is 2.06 bits per heavy atom. The molecule has 2 aliphatic rings. The molecule has 1 aliphatic carbocycles. The molecule has 0 radical (unpaired) electrons. The predicted octanol–water partition coefficient (Wildman–Crippen LogP) is 1.56. The van der Waals surface area contributed by atoms with E-state index >= 15 is 0 Å². The van der Waals surface area contributed by atoms with Crippen LogP contribution in [0.4, 0.5) is 4.79 Å². The normalized spacial score (nSPS) is 29.9. The summed E-state index contributed by atoms with van der Waals surface area (Å²) in [4.78, 5) is 22.8. The van der Waals surface area contributed by atoms with Crippen LogP contribution in [0.15, 0.2) is 0 Å².